The van der Waals surface area contributed by atoms with Crippen LogP contribution < -0.4 is 0 Å². The minimum atomic E-state index is -2.38. The van der Waals surface area contributed by atoms with Gasteiger partial charge in [0.1, 0.15) is 0 Å². The first-order valence-electron chi connectivity index (χ1n) is 1.21. The fourth-order valence-corrected chi connectivity index (χ4v) is 0. The van der Waals surface area contributed by atoms with Gasteiger partial charge in [0.05, 0.1) is 0 Å². The van der Waals surface area contributed by atoms with E-state index < -0.39 is 9.87 Å². The average molecular weight is 518 g/mol. The quantitative estimate of drug-likeness (QED) is 0.362. The van der Waals surface area contributed by atoms with Crippen LogP contribution in [0.2, 0.25) is 0 Å². The molecule has 0 heterocycles. The molecule has 0 saturated heterocycles. The van der Waals surface area contributed by atoms with E-state index in [9.17, 15) is 0 Å². The third-order valence-electron chi connectivity index (χ3n) is 0. The Bertz CT molecular complexity index is 84.6. The van der Waals surface area contributed by atoms with Gasteiger partial charge < -0.3 is 20.2 Å². The molecule has 0 rings (SSSR count). The molecule has 0 fully saturated rings. The van der Waals surface area contributed by atoms with Crippen molar-refractivity contribution in [2.45, 2.75) is 0 Å². The van der Waals surface area contributed by atoms with Gasteiger partial charge in [-0.1, -0.05) is 0 Å². The monoisotopic (exact) mass is 515 g/mol. The van der Waals surface area contributed by atoms with Gasteiger partial charge in [-0.2, -0.15) is 0 Å². The first-order chi connectivity index (χ1) is 4.83. The van der Waals surface area contributed by atoms with Crippen LogP contribution in [0, 0.1) is 20.2 Å². The second-order valence-corrected chi connectivity index (χ2v) is 36.5. The van der Waals surface area contributed by atoms with Crippen molar-refractivity contribution in [3.63, 3.8) is 0 Å². The number of hydrogen-bond donors (Lipinski definition) is 0. The molecular formula is Br2Cl2N2O4Pt-2. The van der Waals surface area contributed by atoms with Crippen LogP contribution in [0.4, 0.5) is 0 Å². The van der Waals surface area contributed by atoms with Crippen molar-refractivity contribution in [2.24, 2.45) is 10.7 Å². The summed E-state index contributed by atoms with van der Waals surface area (Å²) in [6.45, 7) is 0. The second kappa shape index (κ2) is 13.6. The van der Waals surface area contributed by atoms with Crippen LogP contribution in [0.5, 0.6) is 0 Å². The van der Waals surface area contributed by atoms with Crippen LogP contribution in [0.1, 0.15) is 0 Å². The van der Waals surface area contributed by atoms with Crippen LogP contribution >= 0.6 is 45.4 Å². The third-order valence-corrected chi connectivity index (χ3v) is 0. The molecule has 11 heteroatoms. The number of hydrogen-bond acceptors (Lipinski definition) is 6. The normalized spacial score (nSPS) is 9.09. The Morgan fingerprint density at radius 1 is 1.09 bits per heavy atom. The molecule has 0 amide bonds. The SMILES string of the molecule is O=N[O-].O=N[O-].[Cl][Pt]([Cl])([Br])[Br]. The summed E-state index contributed by atoms with van der Waals surface area (Å²) in [6, 6.07) is 0. The second-order valence-electron chi connectivity index (χ2n) is 0.420. The molecule has 0 aliphatic carbocycles. The topological polar surface area (TPSA) is 105 Å². The Morgan fingerprint density at radius 3 is 1.09 bits per heavy atom. The van der Waals surface area contributed by atoms with Gasteiger partial charge >= 0.3 is 55.3 Å². The van der Waals surface area contributed by atoms with Crippen molar-refractivity contribution >= 4 is 45.4 Å². The van der Waals surface area contributed by atoms with Gasteiger partial charge in [0.15, 0.2) is 0 Å². The van der Waals surface area contributed by atoms with Gasteiger partial charge in [0, 0.05) is 0 Å². The maximum atomic E-state index is 8.00. The number of halogens is 4. The molecule has 0 aromatic heterocycles. The molecule has 0 unspecified atom stereocenters. The summed E-state index contributed by atoms with van der Waals surface area (Å²) in [5.74, 6) is 0. The predicted octanol–water partition coefficient (Wildman–Crippen LogP) is 3.57. The Labute approximate surface area is 85.4 Å². The van der Waals surface area contributed by atoms with Crippen LogP contribution in [0.15, 0.2) is 10.7 Å². The zero-order valence-corrected chi connectivity index (χ0v) is 11.3. The van der Waals surface area contributed by atoms with Crippen LogP contribution in [0.25, 0.3) is 0 Å². The van der Waals surface area contributed by atoms with Gasteiger partial charge in [-0.05, 0) is 0 Å². The zero-order valence-electron chi connectivity index (χ0n) is 4.36. The number of rotatable bonds is 0. The van der Waals surface area contributed by atoms with E-state index in [1.54, 1.807) is 0 Å². The van der Waals surface area contributed by atoms with E-state index in [1.807, 2.05) is 0 Å². The molecule has 6 nitrogen and oxygen atoms in total. The minimum absolute atomic E-state index is 1.00. The van der Waals surface area contributed by atoms with Gasteiger partial charge in [0.25, 0.3) is 0 Å². The molecule has 74 valence electrons. The first-order valence-corrected chi connectivity index (χ1v) is 16.8. The van der Waals surface area contributed by atoms with E-state index in [4.69, 9.17) is 39.1 Å². The molecule has 0 aliphatic heterocycles. The molecular weight excluding hydrogens is 518 g/mol. The summed E-state index contributed by atoms with van der Waals surface area (Å²) >= 11 is 6.01. The average Bonchev–Trinajstić information content (AvgIpc) is 1.62. The molecule has 11 heavy (non-hydrogen) atoms. The van der Waals surface area contributed by atoms with Gasteiger partial charge in [-0.15, -0.1) is 10.7 Å². The summed E-state index contributed by atoms with van der Waals surface area (Å²) in [4.78, 5) is 16.0. The van der Waals surface area contributed by atoms with Crippen LogP contribution in [-0.2, 0) is 9.87 Å². The molecule has 0 radical (unpaired) electrons. The van der Waals surface area contributed by atoms with E-state index in [0.717, 1.165) is 10.7 Å². The zero-order chi connectivity index (χ0) is 9.91. The maximum absolute atomic E-state index is 8.00. The van der Waals surface area contributed by atoms with Crippen molar-refractivity contribution < 1.29 is 9.87 Å². The summed E-state index contributed by atoms with van der Waals surface area (Å²) in [5.41, 5.74) is 0. The van der Waals surface area contributed by atoms with Crippen LogP contribution in [0.3, 0.4) is 0 Å². The van der Waals surface area contributed by atoms with E-state index in [1.165, 1.54) is 0 Å². The Morgan fingerprint density at radius 2 is 1.09 bits per heavy atom. The van der Waals surface area contributed by atoms with E-state index in [-0.39, 0.29) is 0 Å². The van der Waals surface area contributed by atoms with E-state index >= 15 is 0 Å². The Kier molecular flexibility index (Phi) is 22.2. The molecule has 0 atom stereocenters. The summed E-state index contributed by atoms with van der Waals surface area (Å²) in [6.07, 6.45) is 0. The molecule has 0 aliphatic rings. The summed E-state index contributed by atoms with van der Waals surface area (Å²) in [5, 5.41) is 18.0. The fraction of sp³-hybridized carbons (Fsp3) is 0. The molecule has 0 N–H and O–H groups in total. The molecule has 0 saturated carbocycles. The summed E-state index contributed by atoms with van der Waals surface area (Å²) in [7, 11) is 8.24. The number of nitrogens with zero attached hydrogens (tertiary/aromatic N) is 2. The Balaban J connectivity index is -0.0000000933. The van der Waals surface area contributed by atoms with Crippen molar-refractivity contribution in [3.05, 3.63) is 20.2 Å². The first kappa shape index (κ1) is 17.9. The van der Waals surface area contributed by atoms with Gasteiger partial charge in [-0.25, -0.2) is 0 Å². The van der Waals surface area contributed by atoms with Crippen LogP contribution in [-0.4, -0.2) is 0 Å². The van der Waals surface area contributed by atoms with Crippen molar-refractivity contribution in [3.8, 4) is 0 Å². The van der Waals surface area contributed by atoms with Gasteiger partial charge in [-0.3, -0.25) is 0 Å². The Hall–Kier alpha value is 1.03. The third kappa shape index (κ3) is 850. The van der Waals surface area contributed by atoms with E-state index in [2.05, 4.69) is 26.6 Å². The van der Waals surface area contributed by atoms with E-state index in [0.29, 0.717) is 0 Å². The predicted molar refractivity (Wildman–Crippen MR) is 47.9 cm³/mol. The fourth-order valence-electron chi connectivity index (χ4n) is 0. The molecule has 0 aromatic carbocycles. The van der Waals surface area contributed by atoms with Crippen molar-refractivity contribution in [2.75, 3.05) is 0 Å². The van der Waals surface area contributed by atoms with Gasteiger partial charge in [0.2, 0.25) is 0 Å². The van der Waals surface area contributed by atoms with Crippen molar-refractivity contribution in [1.29, 1.82) is 0 Å². The molecule has 0 spiro atoms. The van der Waals surface area contributed by atoms with Crippen molar-refractivity contribution in [1.82, 2.24) is 0 Å². The molecule has 0 bridgehead atoms. The molecule has 0 aromatic rings. The standard InChI is InChI=1S/2BrH.2ClH.2HNO2.Pt/c;;;;2*2-1-3;/h4*1H;2*(H,2,3);/q;;;;;;+4/p-6. The summed E-state index contributed by atoms with van der Waals surface area (Å²) < 4.78 is 0.